The fourth-order valence-electron chi connectivity index (χ4n) is 3.48. The molecule has 3 aliphatic rings. The monoisotopic (exact) mass is 280 g/mol. The number of hydrogen-bond acceptors (Lipinski definition) is 4. The average molecular weight is 281 g/mol. The molecule has 0 bridgehead atoms. The minimum atomic E-state index is 0.233. The molecule has 1 aromatic carbocycles. The number of halogens is 1. The maximum absolute atomic E-state index is 6.54. The first-order valence-electron chi connectivity index (χ1n) is 6.87. The molecule has 19 heavy (non-hydrogen) atoms. The summed E-state index contributed by atoms with van der Waals surface area (Å²) in [6.07, 6.45) is 3.51. The van der Waals surface area contributed by atoms with Gasteiger partial charge in [0.25, 0.3) is 0 Å². The molecule has 4 atom stereocenters. The second-order valence-electron chi connectivity index (χ2n) is 5.51. The Labute approximate surface area is 117 Å². The summed E-state index contributed by atoms with van der Waals surface area (Å²) in [6.45, 7) is 0.319. The Morgan fingerprint density at radius 2 is 2.00 bits per heavy atom. The summed E-state index contributed by atoms with van der Waals surface area (Å²) >= 11 is 6.54. The molecule has 2 heterocycles. The van der Waals surface area contributed by atoms with E-state index < -0.39 is 0 Å². The summed E-state index contributed by atoms with van der Waals surface area (Å²) in [5, 5.41) is 0.233. The van der Waals surface area contributed by atoms with Crippen molar-refractivity contribution in [1.29, 1.82) is 0 Å². The van der Waals surface area contributed by atoms with Gasteiger partial charge in [-0.2, -0.15) is 0 Å². The first-order chi connectivity index (χ1) is 9.33. The smallest absolute Gasteiger partial charge is 0.231 e. The van der Waals surface area contributed by atoms with Crippen LogP contribution in [0, 0.1) is 5.92 Å². The van der Waals surface area contributed by atoms with Crippen LogP contribution < -0.4 is 20.3 Å². The predicted molar refractivity (Wildman–Crippen MR) is 72.3 cm³/mol. The molecule has 1 aromatic rings. The van der Waals surface area contributed by atoms with Crippen LogP contribution in [0.1, 0.15) is 30.9 Å². The standard InChI is InChI=1S/C14H17ClN2O2/c15-9-2-1-3-10-13(9)14(17-16-10)8-4-5-11-12(6-8)19-7-18-11/h4-6,9-10,13-14,16-17H,1-3,7H2. The predicted octanol–water partition coefficient (Wildman–Crippen LogP) is 2.34. The van der Waals surface area contributed by atoms with Crippen LogP contribution >= 0.6 is 11.6 Å². The summed E-state index contributed by atoms with van der Waals surface area (Å²) in [4.78, 5) is 0. The largest absolute Gasteiger partial charge is 0.454 e. The van der Waals surface area contributed by atoms with Crippen molar-refractivity contribution in [3.63, 3.8) is 0 Å². The highest BCUT2D eigenvalue weighted by Crippen LogP contribution is 2.43. The molecule has 2 aliphatic heterocycles. The van der Waals surface area contributed by atoms with E-state index in [0.29, 0.717) is 18.8 Å². The van der Waals surface area contributed by atoms with Gasteiger partial charge < -0.3 is 9.47 Å². The number of nitrogens with one attached hydrogen (secondary N) is 2. The van der Waals surface area contributed by atoms with E-state index in [2.05, 4.69) is 23.0 Å². The lowest BCUT2D eigenvalue weighted by Crippen LogP contribution is -2.37. The van der Waals surface area contributed by atoms with Gasteiger partial charge in [0.1, 0.15) is 0 Å². The Bertz CT molecular complexity index is 496. The lowest BCUT2D eigenvalue weighted by atomic mass is 9.79. The molecule has 1 saturated heterocycles. The van der Waals surface area contributed by atoms with Crippen LogP contribution in [0.2, 0.25) is 0 Å². The SMILES string of the molecule is ClC1CCCC2NNC(c3ccc4c(c3)OCO4)C12. The molecule has 0 spiro atoms. The third-order valence-electron chi connectivity index (χ3n) is 4.44. The van der Waals surface area contributed by atoms with Crippen molar-refractivity contribution in [2.45, 2.75) is 36.7 Å². The molecule has 2 fully saturated rings. The van der Waals surface area contributed by atoms with Gasteiger partial charge >= 0.3 is 0 Å². The van der Waals surface area contributed by atoms with Crippen LogP contribution in [0.5, 0.6) is 11.5 Å². The van der Waals surface area contributed by atoms with Gasteiger partial charge in [0.15, 0.2) is 11.5 Å². The van der Waals surface area contributed by atoms with Crippen molar-refractivity contribution in [3.8, 4) is 11.5 Å². The van der Waals surface area contributed by atoms with E-state index in [4.69, 9.17) is 21.1 Å². The summed E-state index contributed by atoms with van der Waals surface area (Å²) in [5.41, 5.74) is 8.02. The van der Waals surface area contributed by atoms with Crippen molar-refractivity contribution < 1.29 is 9.47 Å². The van der Waals surface area contributed by atoms with Crippen LogP contribution in [0.25, 0.3) is 0 Å². The summed E-state index contributed by atoms with van der Waals surface area (Å²) in [5.74, 6) is 2.11. The maximum atomic E-state index is 6.54. The van der Waals surface area contributed by atoms with E-state index in [0.717, 1.165) is 17.9 Å². The van der Waals surface area contributed by atoms with Gasteiger partial charge in [-0.1, -0.05) is 12.5 Å². The molecule has 2 N–H and O–H groups in total. The van der Waals surface area contributed by atoms with Gasteiger partial charge in [0.05, 0.1) is 6.04 Å². The highest BCUT2D eigenvalue weighted by Gasteiger charge is 2.43. The molecule has 1 aliphatic carbocycles. The van der Waals surface area contributed by atoms with Crippen LogP contribution in [0.3, 0.4) is 0 Å². The molecule has 4 unspecified atom stereocenters. The molecular weight excluding hydrogens is 264 g/mol. The van der Waals surface area contributed by atoms with E-state index in [-0.39, 0.29) is 11.4 Å². The zero-order chi connectivity index (χ0) is 12.8. The number of hydrogen-bond donors (Lipinski definition) is 2. The number of rotatable bonds is 1. The Hall–Kier alpha value is -0.970. The van der Waals surface area contributed by atoms with E-state index in [1.54, 1.807) is 0 Å². The molecular formula is C14H17ClN2O2. The van der Waals surface area contributed by atoms with Crippen molar-refractivity contribution in [2.24, 2.45) is 5.92 Å². The first kappa shape index (κ1) is 11.8. The normalized spacial score (nSPS) is 36.3. The number of fused-ring (bicyclic) bond motifs is 2. The number of hydrazine groups is 1. The van der Waals surface area contributed by atoms with Crippen molar-refractivity contribution in [3.05, 3.63) is 23.8 Å². The minimum Gasteiger partial charge on any atom is -0.454 e. The summed E-state index contributed by atoms with van der Waals surface area (Å²) in [7, 11) is 0. The zero-order valence-corrected chi connectivity index (χ0v) is 11.3. The highest BCUT2D eigenvalue weighted by molar-refractivity contribution is 6.21. The zero-order valence-electron chi connectivity index (χ0n) is 10.6. The quantitative estimate of drug-likeness (QED) is 0.775. The van der Waals surface area contributed by atoms with Crippen LogP contribution in [-0.2, 0) is 0 Å². The van der Waals surface area contributed by atoms with Gasteiger partial charge in [-0.3, -0.25) is 5.43 Å². The molecule has 102 valence electrons. The van der Waals surface area contributed by atoms with Crippen molar-refractivity contribution in [1.82, 2.24) is 10.9 Å². The topological polar surface area (TPSA) is 42.5 Å². The molecule has 4 rings (SSSR count). The molecule has 1 saturated carbocycles. The lowest BCUT2D eigenvalue weighted by molar-refractivity contribution is 0.174. The van der Waals surface area contributed by atoms with Crippen molar-refractivity contribution >= 4 is 11.6 Å². The highest BCUT2D eigenvalue weighted by atomic mass is 35.5. The van der Waals surface area contributed by atoms with Crippen LogP contribution in [0.15, 0.2) is 18.2 Å². The van der Waals surface area contributed by atoms with Gasteiger partial charge in [-0.05, 0) is 30.5 Å². The molecule has 0 amide bonds. The third-order valence-corrected chi connectivity index (χ3v) is 4.95. The number of benzene rings is 1. The fraction of sp³-hybridized carbons (Fsp3) is 0.571. The minimum absolute atomic E-state index is 0.233. The van der Waals surface area contributed by atoms with Gasteiger partial charge in [0, 0.05) is 17.3 Å². The summed E-state index contributed by atoms with van der Waals surface area (Å²) < 4.78 is 10.8. The van der Waals surface area contributed by atoms with Crippen LogP contribution in [-0.4, -0.2) is 18.2 Å². The lowest BCUT2D eigenvalue weighted by Gasteiger charge is -2.31. The maximum Gasteiger partial charge on any atom is 0.231 e. The first-order valence-corrected chi connectivity index (χ1v) is 7.31. The Morgan fingerprint density at radius 1 is 1.11 bits per heavy atom. The second kappa shape index (κ2) is 4.54. The average Bonchev–Trinajstić information content (AvgIpc) is 3.04. The second-order valence-corrected chi connectivity index (χ2v) is 6.07. The number of ether oxygens (including phenoxy) is 2. The van der Waals surface area contributed by atoms with Gasteiger partial charge in [0.2, 0.25) is 6.79 Å². The fourth-order valence-corrected chi connectivity index (χ4v) is 3.96. The van der Waals surface area contributed by atoms with E-state index >= 15 is 0 Å². The Morgan fingerprint density at radius 3 is 2.95 bits per heavy atom. The van der Waals surface area contributed by atoms with Crippen LogP contribution in [0.4, 0.5) is 0 Å². The third kappa shape index (κ3) is 1.90. The molecule has 4 nitrogen and oxygen atoms in total. The Kier molecular flexibility index (Phi) is 2.83. The molecule has 0 aromatic heterocycles. The van der Waals surface area contributed by atoms with E-state index in [1.807, 2.05) is 6.07 Å². The summed E-state index contributed by atoms with van der Waals surface area (Å²) in [6, 6.07) is 6.89. The van der Waals surface area contributed by atoms with E-state index in [9.17, 15) is 0 Å². The van der Waals surface area contributed by atoms with E-state index in [1.165, 1.54) is 18.4 Å². The van der Waals surface area contributed by atoms with Crippen molar-refractivity contribution in [2.75, 3.05) is 6.79 Å². The Balaban J connectivity index is 1.65. The van der Waals surface area contributed by atoms with Gasteiger partial charge in [-0.15, -0.1) is 11.6 Å². The van der Waals surface area contributed by atoms with Gasteiger partial charge in [-0.25, -0.2) is 5.43 Å². The molecule has 5 heteroatoms. The molecule has 0 radical (unpaired) electrons. The number of alkyl halides is 1.